The normalized spacial score (nSPS) is 15.9. The molecule has 1 aliphatic rings. The minimum absolute atomic E-state index is 0.0468. The van der Waals surface area contributed by atoms with E-state index < -0.39 is 33.4 Å². The maximum atomic E-state index is 12.8. The van der Waals surface area contributed by atoms with E-state index in [9.17, 15) is 23.3 Å². The van der Waals surface area contributed by atoms with Crippen molar-refractivity contribution in [3.05, 3.63) is 54.1 Å². The number of carboxylic acid groups (broad SMARTS) is 1. The molecule has 0 aliphatic heterocycles. The van der Waals surface area contributed by atoms with Gasteiger partial charge in [-0.25, -0.2) is 13.2 Å². The Morgan fingerprint density at radius 1 is 1.06 bits per heavy atom. The van der Waals surface area contributed by atoms with Gasteiger partial charge in [-0.05, 0) is 41.7 Å². The summed E-state index contributed by atoms with van der Waals surface area (Å²) in [5.41, 5.74) is 1.42. The van der Waals surface area contributed by atoms with E-state index in [1.807, 2.05) is 24.3 Å². The molecule has 0 spiro atoms. The molecule has 0 radical (unpaired) electrons. The summed E-state index contributed by atoms with van der Waals surface area (Å²) in [6, 6.07) is 15.4. The fraction of sp³-hybridized carbons (Fsp3) is 0.375. The lowest BCUT2D eigenvalue weighted by Crippen LogP contribution is -2.58. The molecular weight excluding hydrogens is 442 g/mol. The molecule has 1 aliphatic carbocycles. The first-order chi connectivity index (χ1) is 15.7. The number of sulfone groups is 1. The van der Waals surface area contributed by atoms with E-state index in [0.29, 0.717) is 12.8 Å². The number of benzene rings is 2. The summed E-state index contributed by atoms with van der Waals surface area (Å²) in [7, 11) is -3.25. The number of amides is 2. The van der Waals surface area contributed by atoms with Gasteiger partial charge in [0.15, 0.2) is 9.84 Å². The van der Waals surface area contributed by atoms with Crippen molar-refractivity contribution in [2.75, 3.05) is 5.75 Å². The Bertz CT molecular complexity index is 1150. The van der Waals surface area contributed by atoms with Crippen LogP contribution in [0.3, 0.4) is 0 Å². The molecule has 9 heteroatoms. The third-order valence-electron chi connectivity index (χ3n) is 6.02. The maximum absolute atomic E-state index is 12.8. The highest BCUT2D eigenvalue weighted by atomic mass is 32.2. The predicted octanol–water partition coefficient (Wildman–Crippen LogP) is 3.28. The first-order valence-electron chi connectivity index (χ1n) is 10.8. The molecule has 0 saturated heterocycles. The minimum atomic E-state index is -3.25. The van der Waals surface area contributed by atoms with Crippen LogP contribution in [0.15, 0.2) is 53.4 Å². The number of hydrogen-bond acceptors (Lipinski definition) is 5. The van der Waals surface area contributed by atoms with Crippen molar-refractivity contribution < 1.29 is 23.1 Å². The molecule has 2 amide bonds. The molecule has 174 valence electrons. The number of carbonyl (C=O) groups excluding carboxylic acids is 1. The average Bonchev–Trinajstić information content (AvgIpc) is 3.28. The van der Waals surface area contributed by atoms with Gasteiger partial charge in [-0.15, -0.1) is 0 Å². The number of nitriles is 1. The molecule has 0 bridgehead atoms. The van der Waals surface area contributed by atoms with Crippen LogP contribution in [0.25, 0.3) is 11.1 Å². The second kappa shape index (κ2) is 10.0. The molecule has 3 rings (SSSR count). The fourth-order valence-electron chi connectivity index (χ4n) is 4.11. The van der Waals surface area contributed by atoms with Gasteiger partial charge < -0.3 is 15.7 Å². The summed E-state index contributed by atoms with van der Waals surface area (Å²) in [6.45, 7) is 1.61. The Hall–Kier alpha value is -3.38. The standard InChI is InChI=1S/C24H27N3O5S/c1-2-33(31,32)21-11-9-19(10-12-21)18-7-5-17(6-8-18)15-20(16-25)26-22(28)24(27-23(29)30)13-3-4-14-24/h5-12,20,27H,2-4,13-15H2,1H3,(H,26,28)(H,29,30). The zero-order valence-corrected chi connectivity index (χ0v) is 19.2. The first kappa shape index (κ1) is 24.3. The van der Waals surface area contributed by atoms with Crippen LogP contribution >= 0.6 is 0 Å². The summed E-state index contributed by atoms with van der Waals surface area (Å²) in [5, 5.41) is 23.7. The van der Waals surface area contributed by atoms with E-state index >= 15 is 0 Å². The summed E-state index contributed by atoms with van der Waals surface area (Å²) in [6.07, 6.45) is 1.35. The van der Waals surface area contributed by atoms with Gasteiger partial charge in [-0.1, -0.05) is 56.2 Å². The van der Waals surface area contributed by atoms with Gasteiger partial charge in [0.2, 0.25) is 5.91 Å². The van der Waals surface area contributed by atoms with Crippen LogP contribution in [-0.2, 0) is 21.1 Å². The maximum Gasteiger partial charge on any atom is 0.405 e. The lowest BCUT2D eigenvalue weighted by Gasteiger charge is -2.28. The van der Waals surface area contributed by atoms with Crippen LogP contribution in [0.5, 0.6) is 0 Å². The fourth-order valence-corrected chi connectivity index (χ4v) is 4.99. The Kier molecular flexibility index (Phi) is 7.39. The molecule has 33 heavy (non-hydrogen) atoms. The van der Waals surface area contributed by atoms with Crippen molar-refractivity contribution in [3.8, 4) is 17.2 Å². The highest BCUT2D eigenvalue weighted by molar-refractivity contribution is 7.91. The molecule has 1 fully saturated rings. The monoisotopic (exact) mass is 469 g/mol. The van der Waals surface area contributed by atoms with E-state index in [4.69, 9.17) is 5.11 Å². The number of rotatable bonds is 8. The molecule has 1 saturated carbocycles. The summed E-state index contributed by atoms with van der Waals surface area (Å²) in [5.74, 6) is -0.418. The molecule has 2 aromatic rings. The summed E-state index contributed by atoms with van der Waals surface area (Å²) < 4.78 is 23.9. The molecule has 2 aromatic carbocycles. The predicted molar refractivity (Wildman–Crippen MR) is 123 cm³/mol. The third-order valence-corrected chi connectivity index (χ3v) is 7.77. The van der Waals surface area contributed by atoms with Crippen LogP contribution in [0.4, 0.5) is 4.79 Å². The van der Waals surface area contributed by atoms with Gasteiger partial charge in [0.05, 0.1) is 16.7 Å². The molecule has 8 nitrogen and oxygen atoms in total. The van der Waals surface area contributed by atoms with Gasteiger partial charge in [0.25, 0.3) is 0 Å². The molecule has 3 N–H and O–H groups in total. The van der Waals surface area contributed by atoms with Crippen molar-refractivity contribution in [1.82, 2.24) is 10.6 Å². The second-order valence-corrected chi connectivity index (χ2v) is 10.5. The number of nitrogens with zero attached hydrogens (tertiary/aromatic N) is 1. The van der Waals surface area contributed by atoms with Crippen molar-refractivity contribution in [3.63, 3.8) is 0 Å². The number of nitrogens with one attached hydrogen (secondary N) is 2. The summed E-state index contributed by atoms with van der Waals surface area (Å²) >= 11 is 0. The van der Waals surface area contributed by atoms with Gasteiger partial charge >= 0.3 is 6.09 Å². The van der Waals surface area contributed by atoms with E-state index in [1.165, 1.54) is 0 Å². The summed E-state index contributed by atoms with van der Waals surface area (Å²) in [4.78, 5) is 24.2. The van der Waals surface area contributed by atoms with E-state index in [2.05, 4.69) is 16.7 Å². The lowest BCUT2D eigenvalue weighted by atomic mass is 9.95. The first-order valence-corrected chi connectivity index (χ1v) is 12.5. The van der Waals surface area contributed by atoms with E-state index in [0.717, 1.165) is 29.5 Å². The number of carbonyl (C=O) groups is 2. The topological polar surface area (TPSA) is 136 Å². The third kappa shape index (κ3) is 5.71. The molecule has 1 atom stereocenters. The van der Waals surface area contributed by atoms with Crippen LogP contribution in [0, 0.1) is 11.3 Å². The van der Waals surface area contributed by atoms with Crippen molar-refractivity contribution in [1.29, 1.82) is 5.26 Å². The molecular formula is C24H27N3O5S. The van der Waals surface area contributed by atoms with E-state index in [-0.39, 0.29) is 17.1 Å². The Balaban J connectivity index is 1.67. The van der Waals surface area contributed by atoms with Crippen LogP contribution in [-0.4, -0.2) is 42.9 Å². The van der Waals surface area contributed by atoms with Gasteiger partial charge in [0.1, 0.15) is 11.6 Å². The second-order valence-electron chi connectivity index (χ2n) is 8.20. The smallest absolute Gasteiger partial charge is 0.405 e. The zero-order chi connectivity index (χ0) is 24.1. The van der Waals surface area contributed by atoms with Gasteiger partial charge in [-0.3, -0.25) is 4.79 Å². The number of hydrogen-bond donors (Lipinski definition) is 3. The van der Waals surface area contributed by atoms with E-state index in [1.54, 1.807) is 31.2 Å². The Morgan fingerprint density at radius 3 is 2.09 bits per heavy atom. The van der Waals surface area contributed by atoms with Crippen LogP contribution in [0.2, 0.25) is 0 Å². The largest absolute Gasteiger partial charge is 0.465 e. The van der Waals surface area contributed by atoms with Gasteiger partial charge in [0, 0.05) is 6.42 Å². The minimum Gasteiger partial charge on any atom is -0.465 e. The Morgan fingerprint density at radius 2 is 1.61 bits per heavy atom. The SMILES string of the molecule is CCS(=O)(=O)c1ccc(-c2ccc(CC(C#N)NC(=O)C3(NC(=O)O)CCCC3)cc2)cc1. The molecule has 0 aromatic heterocycles. The molecule has 1 unspecified atom stereocenters. The Labute approximate surface area is 193 Å². The van der Waals surface area contributed by atoms with Crippen molar-refractivity contribution >= 4 is 21.8 Å². The van der Waals surface area contributed by atoms with Crippen molar-refractivity contribution in [2.45, 2.75) is 55.5 Å². The zero-order valence-electron chi connectivity index (χ0n) is 18.4. The van der Waals surface area contributed by atoms with Crippen LogP contribution < -0.4 is 10.6 Å². The average molecular weight is 470 g/mol. The van der Waals surface area contributed by atoms with Crippen LogP contribution in [0.1, 0.15) is 38.2 Å². The quantitative estimate of drug-likeness (QED) is 0.543. The highest BCUT2D eigenvalue weighted by Gasteiger charge is 2.43. The van der Waals surface area contributed by atoms with Crippen molar-refractivity contribution in [2.24, 2.45) is 0 Å². The lowest BCUT2D eigenvalue weighted by molar-refractivity contribution is -0.127. The molecule has 0 heterocycles. The highest BCUT2D eigenvalue weighted by Crippen LogP contribution is 2.30. The van der Waals surface area contributed by atoms with Gasteiger partial charge in [-0.2, -0.15) is 5.26 Å².